The second-order valence-corrected chi connectivity index (χ2v) is 3.60. The summed E-state index contributed by atoms with van der Waals surface area (Å²) >= 11 is 5.80. The molecule has 0 atom stereocenters. The molecule has 2 heterocycles. The normalized spacial score (nSPS) is 10.1. The molecular weight excluding hydrogens is 226 g/mol. The minimum absolute atomic E-state index is 0.217. The first-order valence-electron chi connectivity index (χ1n) is 4.78. The monoisotopic (exact) mass is 235 g/mol. The van der Waals surface area contributed by atoms with Gasteiger partial charge in [-0.1, -0.05) is 11.6 Å². The lowest BCUT2D eigenvalue weighted by Crippen LogP contribution is -2.23. The molecule has 16 heavy (non-hydrogen) atoms. The van der Waals surface area contributed by atoms with Gasteiger partial charge in [-0.3, -0.25) is 4.79 Å². The highest BCUT2D eigenvalue weighted by molar-refractivity contribution is 6.32. The third kappa shape index (κ3) is 2.41. The molecule has 0 spiro atoms. The molecular formula is C11H10ClN3O. The smallest absolute Gasteiger partial charge is 0.254 e. The second-order valence-electron chi connectivity index (χ2n) is 3.24. The molecule has 2 rings (SSSR count). The number of pyridine rings is 1. The van der Waals surface area contributed by atoms with Crippen molar-refractivity contribution in [2.24, 2.45) is 0 Å². The first-order valence-corrected chi connectivity index (χ1v) is 5.15. The van der Waals surface area contributed by atoms with Crippen LogP contribution in [0.5, 0.6) is 0 Å². The Hall–Kier alpha value is -1.81. The fourth-order valence-corrected chi connectivity index (χ4v) is 1.51. The molecule has 0 saturated carbocycles. The van der Waals surface area contributed by atoms with E-state index in [2.05, 4.69) is 15.3 Å². The number of carbonyl (C=O) groups is 1. The van der Waals surface area contributed by atoms with Crippen LogP contribution in [-0.4, -0.2) is 15.9 Å². The molecule has 0 aliphatic carbocycles. The SMILES string of the molecule is O=C(NCc1cc[nH]c1)c1cccnc1Cl. The van der Waals surface area contributed by atoms with Gasteiger partial charge in [0.2, 0.25) is 0 Å². The van der Waals surface area contributed by atoms with E-state index in [4.69, 9.17) is 11.6 Å². The molecule has 0 fully saturated rings. The van der Waals surface area contributed by atoms with E-state index in [0.29, 0.717) is 12.1 Å². The van der Waals surface area contributed by atoms with E-state index in [1.54, 1.807) is 24.5 Å². The summed E-state index contributed by atoms with van der Waals surface area (Å²) in [6.45, 7) is 0.466. The topological polar surface area (TPSA) is 57.8 Å². The fourth-order valence-electron chi connectivity index (χ4n) is 1.30. The molecule has 0 aliphatic heterocycles. The van der Waals surface area contributed by atoms with Crippen molar-refractivity contribution in [3.8, 4) is 0 Å². The summed E-state index contributed by atoms with van der Waals surface area (Å²) < 4.78 is 0. The van der Waals surface area contributed by atoms with Gasteiger partial charge < -0.3 is 10.3 Å². The maximum atomic E-state index is 11.7. The van der Waals surface area contributed by atoms with Gasteiger partial charge in [-0.25, -0.2) is 4.98 Å². The van der Waals surface area contributed by atoms with Crippen molar-refractivity contribution >= 4 is 17.5 Å². The maximum absolute atomic E-state index is 11.7. The minimum Gasteiger partial charge on any atom is -0.367 e. The van der Waals surface area contributed by atoms with Crippen molar-refractivity contribution < 1.29 is 4.79 Å². The van der Waals surface area contributed by atoms with E-state index in [0.717, 1.165) is 5.56 Å². The summed E-state index contributed by atoms with van der Waals surface area (Å²) in [5.41, 5.74) is 1.40. The van der Waals surface area contributed by atoms with Crippen molar-refractivity contribution in [2.75, 3.05) is 0 Å². The van der Waals surface area contributed by atoms with Crippen LogP contribution >= 0.6 is 11.6 Å². The molecule has 0 unspecified atom stereocenters. The van der Waals surface area contributed by atoms with E-state index in [1.807, 2.05) is 12.3 Å². The summed E-state index contributed by atoms with van der Waals surface area (Å²) in [5.74, 6) is -0.223. The zero-order valence-electron chi connectivity index (χ0n) is 8.40. The first kappa shape index (κ1) is 10.7. The number of aromatic nitrogens is 2. The Kier molecular flexibility index (Phi) is 3.22. The minimum atomic E-state index is -0.223. The van der Waals surface area contributed by atoms with E-state index >= 15 is 0 Å². The van der Waals surface area contributed by atoms with Gasteiger partial charge in [0.25, 0.3) is 5.91 Å². The van der Waals surface area contributed by atoms with Crippen LogP contribution in [0.4, 0.5) is 0 Å². The van der Waals surface area contributed by atoms with Gasteiger partial charge in [0.1, 0.15) is 5.15 Å². The standard InChI is InChI=1S/C11H10ClN3O/c12-10-9(2-1-4-14-10)11(16)15-7-8-3-5-13-6-8/h1-6,13H,7H2,(H,15,16). The van der Waals surface area contributed by atoms with E-state index < -0.39 is 0 Å². The van der Waals surface area contributed by atoms with Gasteiger partial charge in [0, 0.05) is 25.1 Å². The first-order chi connectivity index (χ1) is 7.77. The summed E-state index contributed by atoms with van der Waals surface area (Å²) in [7, 11) is 0. The quantitative estimate of drug-likeness (QED) is 0.800. The zero-order valence-corrected chi connectivity index (χ0v) is 9.16. The highest BCUT2D eigenvalue weighted by Crippen LogP contribution is 2.11. The fraction of sp³-hybridized carbons (Fsp3) is 0.0909. The second kappa shape index (κ2) is 4.81. The Labute approximate surface area is 97.7 Å². The number of nitrogens with one attached hydrogen (secondary N) is 2. The zero-order chi connectivity index (χ0) is 11.4. The number of rotatable bonds is 3. The Morgan fingerprint density at radius 3 is 3.06 bits per heavy atom. The Balaban J connectivity index is 2.01. The summed E-state index contributed by atoms with van der Waals surface area (Å²) in [6, 6.07) is 5.21. The van der Waals surface area contributed by atoms with Crippen molar-refractivity contribution in [1.29, 1.82) is 0 Å². The molecule has 2 N–H and O–H groups in total. The summed E-state index contributed by atoms with van der Waals surface area (Å²) in [5, 5.41) is 2.98. The van der Waals surface area contributed by atoms with Crippen LogP contribution in [0.2, 0.25) is 5.15 Å². The van der Waals surface area contributed by atoms with Gasteiger partial charge >= 0.3 is 0 Å². The Morgan fingerprint density at radius 2 is 2.38 bits per heavy atom. The van der Waals surface area contributed by atoms with Gasteiger partial charge in [0.05, 0.1) is 5.56 Å². The molecule has 2 aromatic rings. The molecule has 4 nitrogen and oxygen atoms in total. The highest BCUT2D eigenvalue weighted by atomic mass is 35.5. The van der Waals surface area contributed by atoms with Gasteiger partial charge in [-0.15, -0.1) is 0 Å². The van der Waals surface area contributed by atoms with E-state index in [1.165, 1.54) is 0 Å². The van der Waals surface area contributed by atoms with E-state index in [9.17, 15) is 4.79 Å². The molecule has 82 valence electrons. The molecule has 0 radical (unpaired) electrons. The average Bonchev–Trinajstić information content (AvgIpc) is 2.79. The predicted octanol–water partition coefficient (Wildman–Crippen LogP) is 1.99. The van der Waals surface area contributed by atoms with Crippen molar-refractivity contribution in [3.05, 3.63) is 53.1 Å². The lowest BCUT2D eigenvalue weighted by Gasteiger charge is -2.04. The lowest BCUT2D eigenvalue weighted by molar-refractivity contribution is 0.0950. The Morgan fingerprint density at radius 1 is 1.50 bits per heavy atom. The van der Waals surface area contributed by atoms with Crippen LogP contribution in [0, 0.1) is 0 Å². The average molecular weight is 236 g/mol. The van der Waals surface area contributed by atoms with Crippen molar-refractivity contribution in [3.63, 3.8) is 0 Å². The van der Waals surface area contributed by atoms with Crippen LogP contribution in [0.3, 0.4) is 0 Å². The van der Waals surface area contributed by atoms with Crippen LogP contribution < -0.4 is 5.32 Å². The third-order valence-electron chi connectivity index (χ3n) is 2.12. The Bertz CT molecular complexity index is 482. The predicted molar refractivity (Wildman–Crippen MR) is 61.2 cm³/mol. The number of carbonyl (C=O) groups excluding carboxylic acids is 1. The van der Waals surface area contributed by atoms with Crippen LogP contribution in [0.1, 0.15) is 15.9 Å². The molecule has 0 aliphatic rings. The van der Waals surface area contributed by atoms with Gasteiger partial charge in [-0.2, -0.15) is 0 Å². The number of hydrogen-bond acceptors (Lipinski definition) is 2. The number of H-pyrrole nitrogens is 1. The molecule has 0 bridgehead atoms. The summed E-state index contributed by atoms with van der Waals surface area (Å²) in [6.07, 6.45) is 5.18. The number of hydrogen-bond donors (Lipinski definition) is 2. The number of amides is 1. The van der Waals surface area contributed by atoms with Crippen LogP contribution in [-0.2, 0) is 6.54 Å². The summed E-state index contributed by atoms with van der Waals surface area (Å²) in [4.78, 5) is 18.5. The largest absolute Gasteiger partial charge is 0.367 e. The van der Waals surface area contributed by atoms with Crippen LogP contribution in [0.15, 0.2) is 36.8 Å². The van der Waals surface area contributed by atoms with Crippen molar-refractivity contribution in [1.82, 2.24) is 15.3 Å². The van der Waals surface area contributed by atoms with Gasteiger partial charge in [-0.05, 0) is 23.8 Å². The van der Waals surface area contributed by atoms with Gasteiger partial charge in [0.15, 0.2) is 0 Å². The number of aromatic amines is 1. The third-order valence-corrected chi connectivity index (χ3v) is 2.42. The lowest BCUT2D eigenvalue weighted by atomic mass is 10.2. The molecule has 0 aromatic carbocycles. The number of halogens is 1. The molecule has 5 heteroatoms. The van der Waals surface area contributed by atoms with Crippen molar-refractivity contribution in [2.45, 2.75) is 6.54 Å². The molecule has 2 aromatic heterocycles. The van der Waals surface area contributed by atoms with Crippen LogP contribution in [0.25, 0.3) is 0 Å². The van der Waals surface area contributed by atoms with E-state index in [-0.39, 0.29) is 11.1 Å². The molecule has 1 amide bonds. The highest BCUT2D eigenvalue weighted by Gasteiger charge is 2.09. The molecule has 0 saturated heterocycles. The number of nitrogens with zero attached hydrogens (tertiary/aromatic N) is 1. The maximum Gasteiger partial charge on any atom is 0.254 e.